The zero-order chi connectivity index (χ0) is 16.7. The molecule has 5 heteroatoms. The summed E-state index contributed by atoms with van der Waals surface area (Å²) in [7, 11) is 0. The molecule has 0 bridgehead atoms. The number of pyridine rings is 1. The van der Waals surface area contributed by atoms with Crippen molar-refractivity contribution in [3.63, 3.8) is 0 Å². The highest BCUT2D eigenvalue weighted by molar-refractivity contribution is 8.00. The Morgan fingerprint density at radius 3 is 2.83 bits per heavy atom. The summed E-state index contributed by atoms with van der Waals surface area (Å²) in [4.78, 5) is 18.8. The lowest BCUT2D eigenvalue weighted by Gasteiger charge is -2.25. The Morgan fingerprint density at radius 2 is 2.00 bits per heavy atom. The van der Waals surface area contributed by atoms with Crippen LogP contribution in [0.1, 0.15) is 16.5 Å². The third-order valence-electron chi connectivity index (χ3n) is 4.12. The Bertz CT molecular complexity index is 944. The van der Waals surface area contributed by atoms with E-state index in [1.807, 2.05) is 66.4 Å². The second kappa shape index (κ2) is 6.11. The Hall–Kier alpha value is -2.04. The molecule has 1 aromatic heterocycles. The second-order valence-electron chi connectivity index (χ2n) is 5.83. The van der Waals surface area contributed by atoms with E-state index in [9.17, 15) is 4.79 Å². The second-order valence-corrected chi connectivity index (χ2v) is 7.25. The predicted molar refractivity (Wildman–Crippen MR) is 101 cm³/mol. The van der Waals surface area contributed by atoms with E-state index in [2.05, 4.69) is 4.98 Å². The number of hydrogen-bond acceptors (Lipinski definition) is 3. The molecular weight excluding hydrogens is 340 g/mol. The number of aromatic nitrogens is 1. The minimum Gasteiger partial charge on any atom is -0.295 e. The standard InChI is InChI=1S/C19H15ClN2OS/c1-12-5-4-7-14(9-12)22-17(23)11-24-19(22)15-10-13-6-2-3-8-16(13)21-18(15)20/h2-10,19H,11H2,1H3. The summed E-state index contributed by atoms with van der Waals surface area (Å²) in [5, 5.41) is 1.34. The summed E-state index contributed by atoms with van der Waals surface area (Å²) in [6, 6.07) is 17.9. The molecule has 24 heavy (non-hydrogen) atoms. The number of fused-ring (bicyclic) bond motifs is 1. The van der Waals surface area contributed by atoms with E-state index in [0.717, 1.165) is 27.7 Å². The highest BCUT2D eigenvalue weighted by Crippen LogP contribution is 2.44. The highest BCUT2D eigenvalue weighted by Gasteiger charge is 2.35. The Morgan fingerprint density at radius 1 is 1.17 bits per heavy atom. The van der Waals surface area contributed by atoms with Gasteiger partial charge in [0.05, 0.1) is 11.3 Å². The summed E-state index contributed by atoms with van der Waals surface area (Å²) < 4.78 is 0. The third-order valence-corrected chi connectivity index (χ3v) is 5.62. The van der Waals surface area contributed by atoms with Crippen LogP contribution < -0.4 is 4.90 Å². The number of hydrogen-bond donors (Lipinski definition) is 0. The number of benzene rings is 2. The van der Waals surface area contributed by atoms with Gasteiger partial charge >= 0.3 is 0 Å². The van der Waals surface area contributed by atoms with Crippen LogP contribution in [0.4, 0.5) is 5.69 Å². The lowest BCUT2D eigenvalue weighted by Crippen LogP contribution is -2.28. The van der Waals surface area contributed by atoms with Crippen LogP contribution in [0.25, 0.3) is 10.9 Å². The smallest absolute Gasteiger partial charge is 0.238 e. The summed E-state index contributed by atoms with van der Waals surface area (Å²) in [5.74, 6) is 0.543. The lowest BCUT2D eigenvalue weighted by atomic mass is 10.1. The molecular formula is C19H15ClN2OS. The van der Waals surface area contributed by atoms with Gasteiger partial charge in [-0.15, -0.1) is 11.8 Å². The summed E-state index contributed by atoms with van der Waals surface area (Å²) in [6.07, 6.45) is 0. The van der Waals surface area contributed by atoms with Gasteiger partial charge in [0.1, 0.15) is 10.5 Å². The van der Waals surface area contributed by atoms with Crippen molar-refractivity contribution in [2.24, 2.45) is 0 Å². The average Bonchev–Trinajstić information content (AvgIpc) is 2.95. The molecule has 0 N–H and O–H groups in total. The van der Waals surface area contributed by atoms with Gasteiger partial charge < -0.3 is 0 Å². The van der Waals surface area contributed by atoms with Crippen molar-refractivity contribution in [3.8, 4) is 0 Å². The molecule has 1 aliphatic rings. The van der Waals surface area contributed by atoms with Crippen LogP contribution in [0.5, 0.6) is 0 Å². The largest absolute Gasteiger partial charge is 0.295 e. The molecule has 0 aliphatic carbocycles. The van der Waals surface area contributed by atoms with Crippen LogP contribution in [-0.2, 0) is 4.79 Å². The van der Waals surface area contributed by atoms with Crippen molar-refractivity contribution in [1.82, 2.24) is 4.98 Å². The highest BCUT2D eigenvalue weighted by atomic mass is 35.5. The number of carbonyl (C=O) groups is 1. The molecule has 2 heterocycles. The molecule has 3 nitrogen and oxygen atoms in total. The average molecular weight is 355 g/mol. The lowest BCUT2D eigenvalue weighted by molar-refractivity contribution is -0.115. The molecule has 0 saturated carbocycles. The van der Waals surface area contributed by atoms with Gasteiger partial charge in [-0.1, -0.05) is 41.9 Å². The predicted octanol–water partition coefficient (Wildman–Crippen LogP) is 4.98. The zero-order valence-electron chi connectivity index (χ0n) is 13.1. The Kier molecular flexibility index (Phi) is 3.94. The van der Waals surface area contributed by atoms with Crippen molar-refractivity contribution in [2.45, 2.75) is 12.3 Å². The van der Waals surface area contributed by atoms with Gasteiger partial charge in [0.25, 0.3) is 0 Å². The number of aryl methyl sites for hydroxylation is 1. The Balaban J connectivity index is 1.82. The topological polar surface area (TPSA) is 33.2 Å². The molecule has 1 unspecified atom stereocenters. The molecule has 1 fully saturated rings. The van der Waals surface area contributed by atoms with E-state index in [4.69, 9.17) is 11.6 Å². The van der Waals surface area contributed by atoms with Crippen LogP contribution in [0.3, 0.4) is 0 Å². The van der Waals surface area contributed by atoms with E-state index in [-0.39, 0.29) is 11.3 Å². The molecule has 4 rings (SSSR count). The third kappa shape index (κ3) is 2.66. The van der Waals surface area contributed by atoms with Gasteiger partial charge in [-0.05, 0) is 36.8 Å². The maximum absolute atomic E-state index is 12.5. The van der Waals surface area contributed by atoms with E-state index in [1.54, 1.807) is 11.8 Å². The van der Waals surface area contributed by atoms with Gasteiger partial charge in [-0.25, -0.2) is 4.98 Å². The SMILES string of the molecule is Cc1cccc(N2C(=O)CSC2c2cc3ccccc3nc2Cl)c1. The van der Waals surface area contributed by atoms with E-state index in [1.165, 1.54) is 0 Å². The summed E-state index contributed by atoms with van der Waals surface area (Å²) in [5.41, 5.74) is 3.77. The molecule has 1 aliphatic heterocycles. The van der Waals surface area contributed by atoms with Crippen molar-refractivity contribution in [2.75, 3.05) is 10.7 Å². The number of nitrogens with zero attached hydrogens (tertiary/aromatic N) is 2. The number of rotatable bonds is 2. The summed E-state index contributed by atoms with van der Waals surface area (Å²) >= 11 is 8.04. The van der Waals surface area contributed by atoms with Gasteiger partial charge in [0.2, 0.25) is 5.91 Å². The van der Waals surface area contributed by atoms with Crippen LogP contribution in [-0.4, -0.2) is 16.6 Å². The maximum Gasteiger partial charge on any atom is 0.238 e. The first-order valence-corrected chi connectivity index (χ1v) is 9.12. The molecule has 120 valence electrons. The van der Waals surface area contributed by atoms with Gasteiger partial charge in [-0.2, -0.15) is 0 Å². The van der Waals surface area contributed by atoms with Crippen molar-refractivity contribution in [3.05, 3.63) is 70.9 Å². The molecule has 1 atom stereocenters. The van der Waals surface area contributed by atoms with Crippen molar-refractivity contribution in [1.29, 1.82) is 0 Å². The fourth-order valence-corrected chi connectivity index (χ4v) is 4.49. The molecule has 1 amide bonds. The van der Waals surface area contributed by atoms with Gasteiger partial charge in [-0.3, -0.25) is 9.69 Å². The normalized spacial score (nSPS) is 17.7. The fourth-order valence-electron chi connectivity index (χ4n) is 2.99. The van der Waals surface area contributed by atoms with E-state index < -0.39 is 0 Å². The molecule has 1 saturated heterocycles. The minimum absolute atomic E-state index is 0.0971. The first kappa shape index (κ1) is 15.5. The molecule has 0 spiro atoms. The minimum atomic E-state index is -0.149. The number of carbonyl (C=O) groups excluding carboxylic acids is 1. The van der Waals surface area contributed by atoms with Crippen LogP contribution in [0.2, 0.25) is 5.15 Å². The number of halogens is 1. The van der Waals surface area contributed by atoms with E-state index >= 15 is 0 Å². The molecule has 2 aromatic carbocycles. The Labute approximate surface area is 149 Å². The van der Waals surface area contributed by atoms with Crippen molar-refractivity contribution >= 4 is 45.9 Å². The van der Waals surface area contributed by atoms with Crippen molar-refractivity contribution < 1.29 is 4.79 Å². The fraction of sp³-hybridized carbons (Fsp3) is 0.158. The maximum atomic E-state index is 12.5. The zero-order valence-corrected chi connectivity index (χ0v) is 14.6. The number of para-hydroxylation sites is 1. The molecule has 0 radical (unpaired) electrons. The monoisotopic (exact) mass is 354 g/mol. The van der Waals surface area contributed by atoms with Gasteiger partial charge in [0, 0.05) is 16.6 Å². The summed E-state index contributed by atoms with van der Waals surface area (Å²) in [6.45, 7) is 2.02. The van der Waals surface area contributed by atoms with Crippen LogP contribution in [0, 0.1) is 6.92 Å². The van der Waals surface area contributed by atoms with Gasteiger partial charge in [0.15, 0.2) is 0 Å². The first-order chi connectivity index (χ1) is 11.6. The number of amides is 1. The van der Waals surface area contributed by atoms with E-state index in [0.29, 0.717) is 10.9 Å². The van der Waals surface area contributed by atoms with Crippen LogP contribution in [0.15, 0.2) is 54.6 Å². The first-order valence-electron chi connectivity index (χ1n) is 7.69. The number of thioether (sulfide) groups is 1. The molecule has 3 aromatic rings. The van der Waals surface area contributed by atoms with Crippen LogP contribution >= 0.6 is 23.4 Å². The quantitative estimate of drug-likeness (QED) is 0.609. The number of anilines is 1.